The Morgan fingerprint density at radius 3 is 2.65 bits per heavy atom. The highest BCUT2D eigenvalue weighted by atomic mass is 16.6. The first-order chi connectivity index (χ1) is 9.42. The third-order valence-corrected chi connectivity index (χ3v) is 3.09. The minimum Gasteiger partial charge on any atom is -0.396 e. The van der Waals surface area contributed by atoms with Gasteiger partial charge in [0.05, 0.1) is 11.1 Å². The van der Waals surface area contributed by atoms with Gasteiger partial charge in [0.25, 0.3) is 11.6 Å². The molecule has 20 heavy (non-hydrogen) atoms. The molecule has 1 heterocycles. The fraction of sp³-hybridized carbons (Fsp3) is 0.615. The maximum Gasteiger partial charge on any atom is 0.287 e. The second-order valence-corrected chi connectivity index (χ2v) is 4.80. The van der Waals surface area contributed by atoms with Crippen LogP contribution in [0, 0.1) is 10.1 Å². The van der Waals surface area contributed by atoms with Crippen molar-refractivity contribution in [1.29, 1.82) is 0 Å². The summed E-state index contributed by atoms with van der Waals surface area (Å²) in [6.07, 6.45) is 1.86. The third-order valence-electron chi connectivity index (χ3n) is 3.09. The van der Waals surface area contributed by atoms with Gasteiger partial charge in [-0.25, -0.2) is 0 Å². The van der Waals surface area contributed by atoms with E-state index < -0.39 is 4.92 Å². The standard InChI is InChI=1S/C13H21N3O4/c1-4-14-9-11(16(19)20)8-12(14)13(18)15(10(2)3)6-5-7-17/h8-10,17H,4-7H2,1-3H3. The first kappa shape index (κ1) is 16.2. The lowest BCUT2D eigenvalue weighted by atomic mass is 10.2. The number of amides is 1. The molecule has 0 spiro atoms. The number of aliphatic hydroxyl groups is 1. The SMILES string of the molecule is CCn1cc([N+](=O)[O-])cc1C(=O)N(CCCO)C(C)C. The van der Waals surface area contributed by atoms with Crippen molar-refractivity contribution in [2.75, 3.05) is 13.2 Å². The van der Waals surface area contributed by atoms with Crippen LogP contribution in [0.25, 0.3) is 0 Å². The number of aromatic nitrogens is 1. The number of nitrogens with zero attached hydrogens (tertiary/aromatic N) is 3. The highest BCUT2D eigenvalue weighted by Crippen LogP contribution is 2.19. The largest absolute Gasteiger partial charge is 0.396 e. The van der Waals surface area contributed by atoms with Crippen LogP contribution < -0.4 is 0 Å². The highest BCUT2D eigenvalue weighted by molar-refractivity contribution is 5.93. The Labute approximate surface area is 118 Å². The van der Waals surface area contributed by atoms with Crippen molar-refractivity contribution in [3.63, 3.8) is 0 Å². The van der Waals surface area contributed by atoms with Crippen LogP contribution >= 0.6 is 0 Å². The predicted octanol–water partition coefficient (Wildman–Crippen LogP) is 1.65. The summed E-state index contributed by atoms with van der Waals surface area (Å²) < 4.78 is 1.58. The molecular weight excluding hydrogens is 262 g/mol. The zero-order valence-electron chi connectivity index (χ0n) is 12.1. The first-order valence-corrected chi connectivity index (χ1v) is 6.68. The summed E-state index contributed by atoms with van der Waals surface area (Å²) in [4.78, 5) is 24.4. The summed E-state index contributed by atoms with van der Waals surface area (Å²) >= 11 is 0. The molecule has 0 aliphatic heterocycles. The smallest absolute Gasteiger partial charge is 0.287 e. The van der Waals surface area contributed by atoms with Crippen LogP contribution in [0.3, 0.4) is 0 Å². The molecule has 112 valence electrons. The van der Waals surface area contributed by atoms with Crippen LogP contribution in [0.2, 0.25) is 0 Å². The lowest BCUT2D eigenvalue weighted by Crippen LogP contribution is -2.39. The minimum atomic E-state index is -0.504. The molecule has 1 amide bonds. The van der Waals surface area contributed by atoms with Crippen molar-refractivity contribution in [3.05, 3.63) is 28.1 Å². The van der Waals surface area contributed by atoms with Crippen molar-refractivity contribution < 1.29 is 14.8 Å². The average Bonchev–Trinajstić information content (AvgIpc) is 2.82. The van der Waals surface area contributed by atoms with Crippen LogP contribution in [0.1, 0.15) is 37.7 Å². The summed E-state index contributed by atoms with van der Waals surface area (Å²) in [6, 6.07) is 1.27. The average molecular weight is 283 g/mol. The maximum absolute atomic E-state index is 12.5. The summed E-state index contributed by atoms with van der Waals surface area (Å²) in [5.74, 6) is -0.247. The molecule has 1 aromatic heterocycles. The Kier molecular flexibility index (Phi) is 5.69. The Hall–Kier alpha value is -1.89. The van der Waals surface area contributed by atoms with Crippen molar-refractivity contribution in [1.82, 2.24) is 9.47 Å². The molecule has 0 fully saturated rings. The molecule has 0 saturated carbocycles. The molecule has 1 rings (SSSR count). The Morgan fingerprint density at radius 2 is 2.20 bits per heavy atom. The Balaban J connectivity index is 3.07. The first-order valence-electron chi connectivity index (χ1n) is 6.68. The van der Waals surface area contributed by atoms with Crippen molar-refractivity contribution in [3.8, 4) is 0 Å². The van der Waals surface area contributed by atoms with Gasteiger partial charge in [0.15, 0.2) is 0 Å². The van der Waals surface area contributed by atoms with Gasteiger partial charge in [0.1, 0.15) is 5.69 Å². The van der Waals surface area contributed by atoms with E-state index >= 15 is 0 Å². The van der Waals surface area contributed by atoms with E-state index in [-0.39, 0.29) is 24.2 Å². The van der Waals surface area contributed by atoms with Crippen molar-refractivity contribution in [2.45, 2.75) is 39.8 Å². The van der Waals surface area contributed by atoms with Gasteiger partial charge in [-0.2, -0.15) is 0 Å². The predicted molar refractivity (Wildman–Crippen MR) is 74.6 cm³/mol. The van der Waals surface area contributed by atoms with Gasteiger partial charge in [-0.3, -0.25) is 14.9 Å². The summed E-state index contributed by atoms with van der Waals surface area (Å²) in [7, 11) is 0. The molecule has 0 atom stereocenters. The molecule has 0 aliphatic carbocycles. The second-order valence-electron chi connectivity index (χ2n) is 4.80. The number of carbonyl (C=O) groups excluding carboxylic acids is 1. The van der Waals surface area contributed by atoms with Gasteiger partial charge < -0.3 is 14.6 Å². The van der Waals surface area contributed by atoms with Crippen LogP contribution in [-0.4, -0.2) is 44.6 Å². The van der Waals surface area contributed by atoms with Gasteiger partial charge in [0.2, 0.25) is 0 Å². The highest BCUT2D eigenvalue weighted by Gasteiger charge is 2.24. The number of hydrogen-bond acceptors (Lipinski definition) is 4. The molecule has 1 aromatic rings. The summed E-state index contributed by atoms with van der Waals surface area (Å²) in [5, 5.41) is 19.7. The van der Waals surface area contributed by atoms with Crippen LogP contribution in [0.15, 0.2) is 12.3 Å². The fourth-order valence-electron chi connectivity index (χ4n) is 2.02. The minimum absolute atomic E-state index is 0.00539. The zero-order valence-corrected chi connectivity index (χ0v) is 12.1. The third kappa shape index (κ3) is 3.57. The van der Waals surface area contributed by atoms with Crippen molar-refractivity contribution in [2.24, 2.45) is 0 Å². The van der Waals surface area contributed by atoms with E-state index in [2.05, 4.69) is 0 Å². The molecule has 0 saturated heterocycles. The lowest BCUT2D eigenvalue weighted by Gasteiger charge is -2.26. The van der Waals surface area contributed by atoms with Gasteiger partial charge >= 0.3 is 0 Å². The molecule has 0 unspecified atom stereocenters. The fourth-order valence-corrected chi connectivity index (χ4v) is 2.02. The number of rotatable bonds is 7. The van der Waals surface area contributed by atoms with Crippen LogP contribution in [0.5, 0.6) is 0 Å². The molecule has 1 N–H and O–H groups in total. The van der Waals surface area contributed by atoms with Gasteiger partial charge in [0, 0.05) is 31.8 Å². The van der Waals surface area contributed by atoms with E-state index in [1.807, 2.05) is 20.8 Å². The van der Waals surface area contributed by atoms with Crippen molar-refractivity contribution >= 4 is 11.6 Å². The number of aryl methyl sites for hydroxylation is 1. The molecule has 7 heteroatoms. The topological polar surface area (TPSA) is 88.6 Å². The van der Waals surface area contributed by atoms with E-state index in [0.29, 0.717) is 25.2 Å². The maximum atomic E-state index is 12.5. The Bertz CT molecular complexity index is 482. The van der Waals surface area contributed by atoms with E-state index in [0.717, 1.165) is 0 Å². The molecule has 0 radical (unpaired) electrons. The van der Waals surface area contributed by atoms with E-state index in [9.17, 15) is 14.9 Å². The van der Waals surface area contributed by atoms with Gasteiger partial charge in [-0.15, -0.1) is 0 Å². The molecule has 0 aliphatic rings. The normalized spacial score (nSPS) is 10.8. The number of nitro groups is 1. The lowest BCUT2D eigenvalue weighted by molar-refractivity contribution is -0.384. The second kappa shape index (κ2) is 7.04. The summed E-state index contributed by atoms with van der Waals surface area (Å²) in [6.45, 7) is 6.50. The van der Waals surface area contributed by atoms with E-state index in [4.69, 9.17) is 5.11 Å². The quantitative estimate of drug-likeness (QED) is 0.608. The number of carbonyl (C=O) groups is 1. The zero-order chi connectivity index (χ0) is 15.3. The number of hydrogen-bond donors (Lipinski definition) is 1. The van der Waals surface area contributed by atoms with Crippen LogP contribution in [-0.2, 0) is 6.54 Å². The summed E-state index contributed by atoms with van der Waals surface area (Å²) in [5.41, 5.74) is 0.229. The van der Waals surface area contributed by atoms with Crippen LogP contribution in [0.4, 0.5) is 5.69 Å². The van der Waals surface area contributed by atoms with Gasteiger partial charge in [-0.1, -0.05) is 0 Å². The Morgan fingerprint density at radius 1 is 1.55 bits per heavy atom. The van der Waals surface area contributed by atoms with E-state index in [1.165, 1.54) is 12.3 Å². The molecule has 0 bridgehead atoms. The molecule has 0 aromatic carbocycles. The van der Waals surface area contributed by atoms with E-state index in [1.54, 1.807) is 9.47 Å². The molecular formula is C13H21N3O4. The number of aliphatic hydroxyl groups excluding tert-OH is 1. The molecule has 7 nitrogen and oxygen atoms in total. The van der Waals surface area contributed by atoms with Gasteiger partial charge in [-0.05, 0) is 27.2 Å². The monoisotopic (exact) mass is 283 g/mol.